The number of hydrogen-bond acceptors (Lipinski definition) is 3. The fourth-order valence-corrected chi connectivity index (χ4v) is 8.71. The lowest BCUT2D eigenvalue weighted by Crippen LogP contribution is -2.21. The molecule has 0 unspecified atom stereocenters. The van der Waals surface area contributed by atoms with Crippen molar-refractivity contribution in [2.24, 2.45) is 5.41 Å². The number of rotatable bonds is 5. The average molecular weight is 702 g/mol. The molecule has 8 aromatic rings. The molecule has 5 aromatic carbocycles. The lowest BCUT2D eigenvalue weighted by molar-refractivity contribution is 0.224. The van der Waals surface area contributed by atoms with Crippen LogP contribution in [-0.2, 0) is 5.41 Å². The van der Waals surface area contributed by atoms with Crippen molar-refractivity contribution < 1.29 is 10.2 Å². The molecule has 9 rings (SSSR count). The largest absolute Gasteiger partial charge is 0.452 e. The van der Waals surface area contributed by atoms with Gasteiger partial charge in [-0.05, 0) is 113 Å². The zero-order chi connectivity index (χ0) is 37.9. The molecule has 1 aliphatic carbocycles. The number of benzene rings is 5. The van der Waals surface area contributed by atoms with Gasteiger partial charge in [0.1, 0.15) is 17.0 Å². The normalized spacial score (nSPS) is 16.6. The third-order valence-electron chi connectivity index (χ3n) is 12.0. The quantitative estimate of drug-likeness (QED) is 0.179. The van der Waals surface area contributed by atoms with Crippen LogP contribution < -0.4 is 0 Å². The summed E-state index contributed by atoms with van der Waals surface area (Å²) >= 11 is 0. The number of hydrogen-bond donors (Lipinski definition) is 0. The van der Waals surface area contributed by atoms with Crippen molar-refractivity contribution in [2.45, 2.75) is 111 Å². The molecule has 0 bridgehead atoms. The Morgan fingerprint density at radius 3 is 2.04 bits per heavy atom. The van der Waals surface area contributed by atoms with Gasteiger partial charge >= 0.3 is 0 Å². The summed E-state index contributed by atoms with van der Waals surface area (Å²) in [4.78, 5) is 5.39. The van der Waals surface area contributed by atoms with Crippen molar-refractivity contribution >= 4 is 54.9 Å². The van der Waals surface area contributed by atoms with E-state index in [4.69, 9.17) is 13.8 Å². The highest BCUT2D eigenvalue weighted by atomic mass is 16.4. The monoisotopic (exact) mass is 701 g/mol. The van der Waals surface area contributed by atoms with Crippen molar-refractivity contribution in [3.63, 3.8) is 0 Å². The van der Waals surface area contributed by atoms with Crippen molar-refractivity contribution in [2.75, 3.05) is 0 Å². The lowest BCUT2D eigenvalue weighted by atomic mass is 9.70. The van der Waals surface area contributed by atoms with Gasteiger partial charge in [-0.3, -0.25) is 4.57 Å². The number of imidazole rings is 1. The summed E-state index contributed by atoms with van der Waals surface area (Å²) < 4.78 is 25.8. The molecular weight excluding hydrogens is 649 g/mol. The molecule has 0 spiro atoms. The van der Waals surface area contributed by atoms with E-state index in [-0.39, 0.29) is 17.3 Å². The highest BCUT2D eigenvalue weighted by Crippen LogP contribution is 2.47. The Balaban J connectivity index is 1.30. The van der Waals surface area contributed by atoms with E-state index < -0.39 is 5.89 Å². The first-order valence-electron chi connectivity index (χ1n) is 20.1. The summed E-state index contributed by atoms with van der Waals surface area (Å²) in [7, 11) is 0. The van der Waals surface area contributed by atoms with Crippen LogP contribution in [0.4, 0.5) is 0 Å². The van der Waals surface area contributed by atoms with Gasteiger partial charge in [-0.1, -0.05) is 111 Å². The maximum absolute atomic E-state index is 9.80. The molecule has 4 nitrogen and oxygen atoms in total. The predicted molar refractivity (Wildman–Crippen MR) is 223 cm³/mol. The first-order chi connectivity index (χ1) is 25.6. The molecule has 270 valence electrons. The molecule has 3 aromatic heterocycles. The molecule has 1 saturated carbocycles. The SMILES string of the molecule is [2H]C1(c2cc(C(C)C)c(-n3c(-c4cccc5c4oc4c5ccc5c6ccc(C(C)(C)C)cc6oc54)nc4ccccc43)c(C(C)C)c2)CCC(C)(C)CC1. The van der Waals surface area contributed by atoms with Gasteiger partial charge in [-0.25, -0.2) is 4.98 Å². The molecule has 0 atom stereocenters. The van der Waals surface area contributed by atoms with E-state index in [1.165, 1.54) is 22.4 Å². The van der Waals surface area contributed by atoms with Crippen molar-refractivity contribution in [3.8, 4) is 17.1 Å². The van der Waals surface area contributed by atoms with E-state index in [1.807, 2.05) is 0 Å². The fraction of sp³-hybridized carbons (Fsp3) is 0.367. The third-order valence-corrected chi connectivity index (χ3v) is 12.0. The summed E-state index contributed by atoms with van der Waals surface area (Å²) in [5.41, 5.74) is 12.6. The van der Waals surface area contributed by atoms with E-state index in [9.17, 15) is 1.37 Å². The zero-order valence-electron chi connectivity index (χ0n) is 33.8. The van der Waals surface area contributed by atoms with Gasteiger partial charge in [0.25, 0.3) is 0 Å². The van der Waals surface area contributed by atoms with Crippen LogP contribution in [0.1, 0.15) is 129 Å². The third kappa shape index (κ3) is 5.51. The topological polar surface area (TPSA) is 44.1 Å². The van der Waals surface area contributed by atoms with Crippen LogP contribution in [0, 0.1) is 5.41 Å². The predicted octanol–water partition coefficient (Wildman–Crippen LogP) is 14.7. The average Bonchev–Trinajstić information content (AvgIpc) is 3.83. The summed E-state index contributed by atoms with van der Waals surface area (Å²) in [6.07, 6.45) is 3.92. The molecule has 1 fully saturated rings. The molecular formula is C49H52N2O2. The van der Waals surface area contributed by atoms with Crippen LogP contribution in [-0.4, -0.2) is 9.55 Å². The molecule has 4 heteroatoms. The Labute approximate surface area is 314 Å². The smallest absolute Gasteiger partial charge is 0.178 e. The number of nitrogens with zero attached hydrogens (tertiary/aromatic N) is 2. The molecule has 0 N–H and O–H groups in total. The minimum Gasteiger partial charge on any atom is -0.452 e. The summed E-state index contributed by atoms with van der Waals surface area (Å²) in [6, 6.07) is 30.6. The Morgan fingerprint density at radius 2 is 1.36 bits per heavy atom. The van der Waals surface area contributed by atoms with E-state index in [1.54, 1.807) is 0 Å². The van der Waals surface area contributed by atoms with Crippen molar-refractivity contribution in [1.82, 2.24) is 9.55 Å². The summed E-state index contributed by atoms with van der Waals surface area (Å²) in [6.45, 7) is 20.5. The zero-order valence-corrected chi connectivity index (χ0v) is 32.8. The maximum atomic E-state index is 9.80. The van der Waals surface area contributed by atoms with Crippen LogP contribution >= 0.6 is 0 Å². The van der Waals surface area contributed by atoms with Crippen LogP contribution in [0.15, 0.2) is 93.8 Å². The molecule has 1 aliphatic rings. The second kappa shape index (κ2) is 12.1. The highest BCUT2D eigenvalue weighted by Gasteiger charge is 2.31. The van der Waals surface area contributed by atoms with Crippen LogP contribution in [0.5, 0.6) is 0 Å². The molecule has 53 heavy (non-hydrogen) atoms. The molecule has 0 amide bonds. The minimum absolute atomic E-state index is 0.0170. The first-order valence-corrected chi connectivity index (χ1v) is 19.6. The van der Waals surface area contributed by atoms with Gasteiger partial charge in [-0.2, -0.15) is 0 Å². The van der Waals surface area contributed by atoms with Gasteiger partial charge in [0, 0.05) is 22.9 Å². The molecule has 0 saturated heterocycles. The standard InChI is InChI=1S/C49H52N2O2/c1-28(2)38-25-31(30-21-23-49(8,9)24-22-30)26-39(29(3)4)43(38)51-41-16-11-10-15-40(41)50-47(51)37-14-12-13-34-36-20-19-35-33-18-17-32(48(5,6)7)27-42(33)52-45(35)46(36)53-44(34)37/h10-20,25-30H,21-24H2,1-9H3/i30D. The molecule has 3 heterocycles. The Kier molecular flexibility index (Phi) is 7.48. The van der Waals surface area contributed by atoms with Gasteiger partial charge in [0.2, 0.25) is 0 Å². The van der Waals surface area contributed by atoms with E-state index >= 15 is 0 Å². The van der Waals surface area contributed by atoms with Crippen LogP contribution in [0.25, 0.3) is 72.0 Å². The minimum atomic E-state index is -0.586. The number of furan rings is 2. The van der Waals surface area contributed by atoms with Gasteiger partial charge in [0.15, 0.2) is 11.2 Å². The number of para-hydroxylation sites is 3. The Bertz CT molecular complexity index is 2730. The molecule has 0 aliphatic heterocycles. The first kappa shape index (κ1) is 32.8. The second-order valence-corrected chi connectivity index (χ2v) is 18.0. The summed E-state index contributed by atoms with van der Waals surface area (Å²) in [5.74, 6) is 0.736. The van der Waals surface area contributed by atoms with E-state index in [2.05, 4.69) is 152 Å². The van der Waals surface area contributed by atoms with Crippen molar-refractivity contribution in [1.29, 1.82) is 0 Å². The second-order valence-electron chi connectivity index (χ2n) is 18.0. The van der Waals surface area contributed by atoms with Gasteiger partial charge in [0.05, 0.1) is 22.3 Å². The Morgan fingerprint density at radius 1 is 0.736 bits per heavy atom. The lowest BCUT2D eigenvalue weighted by Gasteiger charge is -2.35. The molecule has 0 radical (unpaired) electrons. The highest BCUT2D eigenvalue weighted by molar-refractivity contribution is 6.20. The Hall–Kier alpha value is -4.83. The van der Waals surface area contributed by atoms with Crippen LogP contribution in [0.2, 0.25) is 0 Å². The van der Waals surface area contributed by atoms with E-state index in [0.29, 0.717) is 5.41 Å². The van der Waals surface area contributed by atoms with Crippen LogP contribution in [0.3, 0.4) is 0 Å². The summed E-state index contributed by atoms with van der Waals surface area (Å²) in [5, 5.41) is 4.23. The fourth-order valence-electron chi connectivity index (χ4n) is 8.71. The van der Waals surface area contributed by atoms with Crippen molar-refractivity contribution in [3.05, 3.63) is 107 Å². The van der Waals surface area contributed by atoms with Gasteiger partial charge in [-0.15, -0.1) is 0 Å². The maximum Gasteiger partial charge on any atom is 0.178 e. The number of fused-ring (bicyclic) bond motifs is 8. The number of aromatic nitrogens is 2. The van der Waals surface area contributed by atoms with Gasteiger partial charge < -0.3 is 8.83 Å². The van der Waals surface area contributed by atoms with E-state index in [0.717, 1.165) is 97.5 Å².